The quantitative estimate of drug-likeness (QED) is 0.836. The molecule has 1 heterocycles. The topological polar surface area (TPSA) is 55.8 Å². The largest absolute Gasteiger partial charge is 0.508 e. The molecule has 2 aromatic rings. The van der Waals surface area contributed by atoms with Crippen LogP contribution in [0, 0.1) is 0 Å². The average molecular weight is 328 g/mol. The molecular weight excluding hydrogens is 304 g/mol. The summed E-state index contributed by atoms with van der Waals surface area (Å²) in [5.74, 6) is 0.804. The Morgan fingerprint density at radius 3 is 2.21 bits per heavy atom. The Balaban J connectivity index is 0.00000100. The molecule has 0 radical (unpaired) electrons. The van der Waals surface area contributed by atoms with E-state index in [2.05, 4.69) is 0 Å². The molecule has 1 N–H and O–H groups in total. The van der Waals surface area contributed by atoms with E-state index in [0.717, 1.165) is 25.2 Å². The van der Waals surface area contributed by atoms with Crippen molar-refractivity contribution in [1.82, 2.24) is 0 Å². The maximum atomic E-state index is 12.3. The van der Waals surface area contributed by atoms with Gasteiger partial charge in [0.05, 0.1) is 6.10 Å². The van der Waals surface area contributed by atoms with E-state index in [-0.39, 0.29) is 17.6 Å². The molecule has 128 valence electrons. The highest BCUT2D eigenvalue weighted by atomic mass is 16.5. The maximum absolute atomic E-state index is 12.3. The van der Waals surface area contributed by atoms with Gasteiger partial charge < -0.3 is 14.6 Å². The molecule has 0 aliphatic carbocycles. The highest BCUT2D eigenvalue weighted by Gasteiger charge is 2.16. The first-order chi connectivity index (χ1) is 11.7. The first-order valence-corrected chi connectivity index (χ1v) is 8.40. The fourth-order valence-corrected chi connectivity index (χ4v) is 2.45. The maximum Gasteiger partial charge on any atom is 0.193 e. The molecule has 1 aliphatic rings. The van der Waals surface area contributed by atoms with Crippen LogP contribution in [0.15, 0.2) is 48.5 Å². The van der Waals surface area contributed by atoms with Crippen LogP contribution in [0.25, 0.3) is 0 Å². The van der Waals surface area contributed by atoms with Gasteiger partial charge in [-0.25, -0.2) is 0 Å². The summed E-state index contributed by atoms with van der Waals surface area (Å²) in [5.41, 5.74) is 1.14. The van der Waals surface area contributed by atoms with E-state index in [9.17, 15) is 9.90 Å². The molecule has 1 fully saturated rings. The van der Waals surface area contributed by atoms with E-state index < -0.39 is 0 Å². The van der Waals surface area contributed by atoms with Crippen LogP contribution in [0.5, 0.6) is 11.5 Å². The van der Waals surface area contributed by atoms with Crippen LogP contribution in [0.1, 0.15) is 42.6 Å². The van der Waals surface area contributed by atoms with Gasteiger partial charge in [0.2, 0.25) is 0 Å². The molecule has 1 saturated heterocycles. The Kier molecular flexibility index (Phi) is 6.82. The van der Waals surface area contributed by atoms with Crippen molar-refractivity contribution in [2.24, 2.45) is 0 Å². The van der Waals surface area contributed by atoms with Crippen molar-refractivity contribution in [1.29, 1.82) is 0 Å². The minimum atomic E-state index is -0.0781. The normalized spacial score (nSPS) is 16.2. The number of phenols is 1. The zero-order chi connectivity index (χ0) is 17.4. The highest BCUT2D eigenvalue weighted by Crippen LogP contribution is 2.19. The molecule has 4 nitrogen and oxygen atoms in total. The smallest absolute Gasteiger partial charge is 0.193 e. The standard InChI is InChI=1S/C18H18O4.C2H6/c19-15-7-3-13(4-8-15)18(20)14-5-9-16(10-6-14)22-12-17-2-1-11-21-17;1-2/h3-10,17,19H,1-2,11-12H2;1-2H3. The van der Waals surface area contributed by atoms with Crippen LogP contribution in [-0.4, -0.2) is 30.2 Å². The fraction of sp³-hybridized carbons (Fsp3) is 0.350. The summed E-state index contributed by atoms with van der Waals surface area (Å²) < 4.78 is 11.2. The van der Waals surface area contributed by atoms with E-state index in [1.54, 1.807) is 36.4 Å². The molecule has 0 amide bonds. The van der Waals surface area contributed by atoms with Gasteiger partial charge in [-0.05, 0) is 61.4 Å². The molecule has 0 spiro atoms. The van der Waals surface area contributed by atoms with Gasteiger partial charge in [0.15, 0.2) is 5.78 Å². The lowest BCUT2D eigenvalue weighted by atomic mass is 10.0. The van der Waals surface area contributed by atoms with Crippen LogP contribution in [-0.2, 0) is 4.74 Å². The van der Waals surface area contributed by atoms with Crippen molar-refractivity contribution in [2.45, 2.75) is 32.8 Å². The molecule has 0 saturated carbocycles. The van der Waals surface area contributed by atoms with Crippen LogP contribution >= 0.6 is 0 Å². The molecule has 24 heavy (non-hydrogen) atoms. The van der Waals surface area contributed by atoms with Crippen molar-refractivity contribution < 1.29 is 19.4 Å². The number of carbonyl (C=O) groups is 1. The number of aromatic hydroxyl groups is 1. The lowest BCUT2D eigenvalue weighted by Crippen LogP contribution is -2.16. The SMILES string of the molecule is CC.O=C(c1ccc(O)cc1)c1ccc(OCC2CCCO2)cc1. The molecule has 1 atom stereocenters. The van der Waals surface area contributed by atoms with Gasteiger partial charge in [-0.2, -0.15) is 0 Å². The lowest BCUT2D eigenvalue weighted by molar-refractivity contribution is 0.0679. The molecule has 1 aliphatic heterocycles. The third-order valence-corrected chi connectivity index (χ3v) is 3.71. The molecule has 3 rings (SSSR count). The van der Waals surface area contributed by atoms with Crippen molar-refractivity contribution in [3.8, 4) is 11.5 Å². The second kappa shape index (κ2) is 9.08. The summed E-state index contributed by atoms with van der Waals surface area (Å²) in [7, 11) is 0. The Morgan fingerprint density at radius 2 is 1.67 bits per heavy atom. The Hall–Kier alpha value is -2.33. The summed E-state index contributed by atoms with van der Waals surface area (Å²) in [4.78, 5) is 12.3. The third kappa shape index (κ3) is 4.83. The molecule has 0 bridgehead atoms. The number of ketones is 1. The monoisotopic (exact) mass is 328 g/mol. The van der Waals surface area contributed by atoms with Crippen LogP contribution in [0.3, 0.4) is 0 Å². The van der Waals surface area contributed by atoms with Crippen molar-refractivity contribution in [2.75, 3.05) is 13.2 Å². The molecule has 2 aromatic carbocycles. The Morgan fingerprint density at radius 1 is 1.08 bits per heavy atom. The van der Waals surface area contributed by atoms with E-state index in [4.69, 9.17) is 9.47 Å². The Labute approximate surface area is 143 Å². The summed E-state index contributed by atoms with van der Waals surface area (Å²) >= 11 is 0. The number of carbonyl (C=O) groups excluding carboxylic acids is 1. The number of ether oxygens (including phenoxy) is 2. The molecular formula is C20H24O4. The summed E-state index contributed by atoms with van der Waals surface area (Å²) in [5, 5.41) is 9.26. The first kappa shape index (κ1) is 18.0. The number of hydrogen-bond donors (Lipinski definition) is 1. The van der Waals surface area contributed by atoms with Gasteiger partial charge >= 0.3 is 0 Å². The van der Waals surface area contributed by atoms with Gasteiger partial charge in [-0.3, -0.25) is 4.79 Å². The summed E-state index contributed by atoms with van der Waals surface area (Å²) in [6, 6.07) is 13.3. The minimum Gasteiger partial charge on any atom is -0.508 e. The van der Waals surface area contributed by atoms with Crippen molar-refractivity contribution >= 4 is 5.78 Å². The van der Waals surface area contributed by atoms with Gasteiger partial charge in [-0.15, -0.1) is 0 Å². The molecule has 0 aromatic heterocycles. The zero-order valence-electron chi connectivity index (χ0n) is 14.2. The van der Waals surface area contributed by atoms with Crippen LogP contribution in [0.4, 0.5) is 0 Å². The first-order valence-electron chi connectivity index (χ1n) is 8.40. The minimum absolute atomic E-state index is 0.0781. The van der Waals surface area contributed by atoms with E-state index in [1.165, 1.54) is 12.1 Å². The lowest BCUT2D eigenvalue weighted by Gasteiger charge is -2.11. The predicted molar refractivity (Wildman–Crippen MR) is 93.8 cm³/mol. The molecule has 4 heteroatoms. The number of phenolic OH excluding ortho intramolecular Hbond substituents is 1. The third-order valence-electron chi connectivity index (χ3n) is 3.71. The van der Waals surface area contributed by atoms with Crippen molar-refractivity contribution in [3.05, 3.63) is 59.7 Å². The number of hydrogen-bond acceptors (Lipinski definition) is 4. The van der Waals surface area contributed by atoms with Crippen LogP contribution < -0.4 is 4.74 Å². The molecule has 1 unspecified atom stereocenters. The highest BCUT2D eigenvalue weighted by molar-refractivity contribution is 6.09. The van der Waals surface area contributed by atoms with E-state index >= 15 is 0 Å². The Bertz CT molecular complexity index is 626. The van der Waals surface area contributed by atoms with Crippen molar-refractivity contribution in [3.63, 3.8) is 0 Å². The average Bonchev–Trinajstić information content (AvgIpc) is 3.16. The second-order valence-electron chi connectivity index (χ2n) is 5.35. The second-order valence-corrected chi connectivity index (χ2v) is 5.35. The summed E-state index contributed by atoms with van der Waals surface area (Å²) in [6.07, 6.45) is 2.31. The van der Waals surface area contributed by atoms with Gasteiger partial charge in [0.25, 0.3) is 0 Å². The van der Waals surface area contributed by atoms with E-state index in [1.807, 2.05) is 13.8 Å². The van der Waals surface area contributed by atoms with Gasteiger partial charge in [0.1, 0.15) is 18.1 Å². The van der Waals surface area contributed by atoms with Gasteiger partial charge in [-0.1, -0.05) is 13.8 Å². The number of rotatable bonds is 5. The zero-order valence-corrected chi connectivity index (χ0v) is 14.2. The van der Waals surface area contributed by atoms with E-state index in [0.29, 0.717) is 17.7 Å². The predicted octanol–water partition coefficient (Wildman–Crippen LogP) is 4.21. The summed E-state index contributed by atoms with van der Waals surface area (Å²) in [6.45, 7) is 5.36. The van der Waals surface area contributed by atoms with Gasteiger partial charge in [0, 0.05) is 17.7 Å². The van der Waals surface area contributed by atoms with Crippen LogP contribution in [0.2, 0.25) is 0 Å². The number of benzene rings is 2. The fourth-order valence-electron chi connectivity index (χ4n) is 2.45.